The van der Waals surface area contributed by atoms with Gasteiger partial charge < -0.3 is 5.73 Å². The fraction of sp³-hybridized carbons (Fsp3) is 0.143. The largest absolute Gasteiger partial charge is 0.398 e. The molecule has 4 heteroatoms. The Bertz CT molecular complexity index is 356. The van der Waals surface area contributed by atoms with Crippen LogP contribution in [0.5, 0.6) is 0 Å². The lowest BCUT2D eigenvalue weighted by Gasteiger charge is -2.00. The van der Waals surface area contributed by atoms with E-state index in [4.69, 9.17) is 5.73 Å². The van der Waals surface area contributed by atoms with Crippen LogP contribution in [0.2, 0.25) is 0 Å². The van der Waals surface area contributed by atoms with Gasteiger partial charge in [0.25, 0.3) is 0 Å². The van der Waals surface area contributed by atoms with E-state index in [1.165, 1.54) is 6.07 Å². The summed E-state index contributed by atoms with van der Waals surface area (Å²) >= 11 is 0. The Kier molecular flexibility index (Phi) is 1.87. The van der Waals surface area contributed by atoms with E-state index in [9.17, 15) is 8.42 Å². The van der Waals surface area contributed by atoms with Crippen LogP contribution in [0.3, 0.4) is 0 Å². The standard InChI is InChI=1S/C7H9NO2S/c1-11(9,10)7-5-3-2-4-6(7)8/h2-5H,8H2,1H3. The summed E-state index contributed by atoms with van der Waals surface area (Å²) in [5.41, 5.74) is 5.73. The Morgan fingerprint density at radius 2 is 1.82 bits per heavy atom. The molecule has 1 rings (SSSR count). The first-order valence-electron chi connectivity index (χ1n) is 3.06. The van der Waals surface area contributed by atoms with Crippen molar-refractivity contribution in [2.24, 2.45) is 0 Å². The minimum Gasteiger partial charge on any atom is -0.398 e. The molecule has 0 spiro atoms. The second kappa shape index (κ2) is 2.54. The van der Waals surface area contributed by atoms with Crippen molar-refractivity contribution in [2.75, 3.05) is 12.0 Å². The van der Waals surface area contributed by atoms with Gasteiger partial charge >= 0.3 is 0 Å². The summed E-state index contributed by atoms with van der Waals surface area (Å²) < 4.78 is 21.9. The quantitative estimate of drug-likeness (QED) is 0.632. The van der Waals surface area contributed by atoms with Crippen molar-refractivity contribution in [1.29, 1.82) is 0 Å². The molecule has 0 bridgehead atoms. The Morgan fingerprint density at radius 3 is 2.18 bits per heavy atom. The number of anilines is 1. The zero-order valence-electron chi connectivity index (χ0n) is 6.11. The van der Waals surface area contributed by atoms with Gasteiger partial charge in [-0.2, -0.15) is 0 Å². The number of hydrogen-bond donors (Lipinski definition) is 1. The fourth-order valence-corrected chi connectivity index (χ4v) is 1.64. The van der Waals surface area contributed by atoms with Gasteiger partial charge in [0.05, 0.1) is 10.6 Å². The van der Waals surface area contributed by atoms with Crippen LogP contribution >= 0.6 is 0 Å². The third-order valence-electron chi connectivity index (χ3n) is 1.32. The molecule has 3 nitrogen and oxygen atoms in total. The summed E-state index contributed by atoms with van der Waals surface area (Å²) in [6.45, 7) is 0. The lowest BCUT2D eigenvalue weighted by molar-refractivity contribution is 0.602. The van der Waals surface area contributed by atoms with Crippen molar-refractivity contribution in [3.8, 4) is 0 Å². The summed E-state index contributed by atoms with van der Waals surface area (Å²) in [4.78, 5) is 0.194. The van der Waals surface area contributed by atoms with E-state index in [2.05, 4.69) is 0 Å². The third kappa shape index (κ3) is 1.71. The van der Waals surface area contributed by atoms with E-state index >= 15 is 0 Å². The average molecular weight is 171 g/mol. The number of sulfone groups is 1. The van der Waals surface area contributed by atoms with Gasteiger partial charge in [0.2, 0.25) is 0 Å². The molecular formula is C7H9NO2S. The predicted octanol–water partition coefficient (Wildman–Crippen LogP) is 0.672. The zero-order chi connectivity index (χ0) is 8.48. The smallest absolute Gasteiger partial charge is 0.177 e. The molecule has 0 aliphatic heterocycles. The maximum Gasteiger partial charge on any atom is 0.177 e. The van der Waals surface area contributed by atoms with Gasteiger partial charge in [-0.15, -0.1) is 0 Å². The molecule has 0 fully saturated rings. The maximum atomic E-state index is 11.0. The maximum absolute atomic E-state index is 11.0. The molecule has 0 radical (unpaired) electrons. The minimum atomic E-state index is -3.16. The Hall–Kier alpha value is -1.03. The molecule has 0 amide bonds. The Balaban J connectivity index is 3.37. The number of hydrogen-bond acceptors (Lipinski definition) is 3. The first-order chi connectivity index (χ1) is 5.02. The summed E-state index contributed by atoms with van der Waals surface area (Å²) in [7, 11) is -3.16. The third-order valence-corrected chi connectivity index (χ3v) is 2.49. The van der Waals surface area contributed by atoms with E-state index in [0.29, 0.717) is 5.69 Å². The van der Waals surface area contributed by atoms with Gasteiger partial charge in [0, 0.05) is 6.26 Å². The average Bonchev–Trinajstić information content (AvgIpc) is 1.86. The topological polar surface area (TPSA) is 60.2 Å². The van der Waals surface area contributed by atoms with E-state index in [1.54, 1.807) is 18.2 Å². The molecule has 0 aromatic heterocycles. The molecule has 0 unspecified atom stereocenters. The SMILES string of the molecule is CS(=O)(=O)c1ccccc1N. The first-order valence-corrected chi connectivity index (χ1v) is 4.95. The van der Waals surface area contributed by atoms with Gasteiger partial charge in [-0.1, -0.05) is 12.1 Å². The highest BCUT2D eigenvalue weighted by Crippen LogP contribution is 2.15. The number of benzene rings is 1. The molecule has 0 saturated carbocycles. The van der Waals surface area contributed by atoms with Gasteiger partial charge in [0.15, 0.2) is 9.84 Å². The Morgan fingerprint density at radius 1 is 1.27 bits per heavy atom. The summed E-state index contributed by atoms with van der Waals surface area (Å²) in [5.74, 6) is 0. The lowest BCUT2D eigenvalue weighted by Crippen LogP contribution is -2.01. The highest BCUT2D eigenvalue weighted by Gasteiger charge is 2.08. The first kappa shape index (κ1) is 8.07. The molecule has 1 aromatic carbocycles. The molecule has 0 aliphatic carbocycles. The van der Waals surface area contributed by atoms with E-state index in [0.717, 1.165) is 6.26 Å². The van der Waals surface area contributed by atoms with Crippen LogP contribution in [0, 0.1) is 0 Å². The van der Waals surface area contributed by atoms with Crippen molar-refractivity contribution in [1.82, 2.24) is 0 Å². The summed E-state index contributed by atoms with van der Waals surface area (Å²) in [5, 5.41) is 0. The molecule has 2 N–H and O–H groups in total. The van der Waals surface area contributed by atoms with E-state index < -0.39 is 9.84 Å². The molecule has 11 heavy (non-hydrogen) atoms. The molecule has 0 aliphatic rings. The van der Waals surface area contributed by atoms with Gasteiger partial charge in [-0.3, -0.25) is 0 Å². The normalized spacial score (nSPS) is 11.4. The van der Waals surface area contributed by atoms with Crippen molar-refractivity contribution < 1.29 is 8.42 Å². The molecule has 0 heterocycles. The van der Waals surface area contributed by atoms with Crippen molar-refractivity contribution in [3.63, 3.8) is 0 Å². The highest BCUT2D eigenvalue weighted by molar-refractivity contribution is 7.90. The van der Waals surface area contributed by atoms with Crippen LogP contribution in [0.15, 0.2) is 29.2 Å². The second-order valence-electron chi connectivity index (χ2n) is 2.31. The van der Waals surface area contributed by atoms with Crippen LogP contribution in [0.25, 0.3) is 0 Å². The zero-order valence-corrected chi connectivity index (χ0v) is 6.93. The fourth-order valence-electron chi connectivity index (χ4n) is 0.818. The van der Waals surface area contributed by atoms with E-state index in [-0.39, 0.29) is 4.90 Å². The van der Waals surface area contributed by atoms with E-state index in [1.807, 2.05) is 0 Å². The molecule has 1 aromatic rings. The van der Waals surface area contributed by atoms with Crippen LogP contribution in [-0.4, -0.2) is 14.7 Å². The van der Waals surface area contributed by atoms with Crippen LogP contribution in [0.1, 0.15) is 0 Å². The molecular weight excluding hydrogens is 162 g/mol. The second-order valence-corrected chi connectivity index (χ2v) is 4.29. The lowest BCUT2D eigenvalue weighted by atomic mass is 10.3. The van der Waals surface area contributed by atoms with Gasteiger partial charge in [0.1, 0.15) is 0 Å². The molecule has 60 valence electrons. The molecule has 0 atom stereocenters. The van der Waals surface area contributed by atoms with Crippen LogP contribution < -0.4 is 5.73 Å². The minimum absolute atomic E-state index is 0.194. The highest BCUT2D eigenvalue weighted by atomic mass is 32.2. The van der Waals surface area contributed by atoms with Gasteiger partial charge in [-0.05, 0) is 12.1 Å². The van der Waals surface area contributed by atoms with Gasteiger partial charge in [-0.25, -0.2) is 8.42 Å². The number of nitrogens with two attached hydrogens (primary N) is 1. The van der Waals surface area contributed by atoms with Crippen LogP contribution in [-0.2, 0) is 9.84 Å². The predicted molar refractivity (Wildman–Crippen MR) is 44.0 cm³/mol. The van der Waals surface area contributed by atoms with Crippen molar-refractivity contribution >= 4 is 15.5 Å². The van der Waals surface area contributed by atoms with Crippen LogP contribution in [0.4, 0.5) is 5.69 Å². The van der Waals surface area contributed by atoms with Crippen molar-refractivity contribution in [3.05, 3.63) is 24.3 Å². The number of rotatable bonds is 1. The summed E-state index contributed by atoms with van der Waals surface area (Å²) in [6.07, 6.45) is 1.14. The summed E-state index contributed by atoms with van der Waals surface area (Å²) in [6, 6.07) is 6.40. The Labute approximate surface area is 65.8 Å². The molecule has 0 saturated heterocycles. The monoisotopic (exact) mass is 171 g/mol. The van der Waals surface area contributed by atoms with Crippen molar-refractivity contribution in [2.45, 2.75) is 4.90 Å². The number of nitrogen functional groups attached to an aromatic ring is 1. The number of para-hydroxylation sites is 1.